The van der Waals surface area contributed by atoms with E-state index >= 15 is 0 Å². The third-order valence-corrected chi connectivity index (χ3v) is 6.66. The first-order valence-electron chi connectivity index (χ1n) is 5.93. The number of aryl methyl sites for hydroxylation is 2. The van der Waals surface area contributed by atoms with Crippen molar-refractivity contribution in [2.24, 2.45) is 0 Å². The number of thiophene rings is 2. The first kappa shape index (κ1) is 14.2. The summed E-state index contributed by atoms with van der Waals surface area (Å²) in [4.78, 5) is 19.0. The lowest BCUT2D eigenvalue weighted by molar-refractivity contribution is 0.742. The molecule has 0 aliphatic heterocycles. The van der Waals surface area contributed by atoms with Crippen LogP contribution in [0.2, 0.25) is 0 Å². The summed E-state index contributed by atoms with van der Waals surface area (Å²) in [5, 5.41) is 2.75. The van der Waals surface area contributed by atoms with Gasteiger partial charge in [0, 0.05) is 14.2 Å². The van der Waals surface area contributed by atoms with Crippen LogP contribution in [0.15, 0.2) is 20.7 Å². The molecule has 7 heteroatoms. The molecular formula is C13H11BrN2OS3. The van der Waals surface area contributed by atoms with Gasteiger partial charge in [-0.2, -0.15) is 0 Å². The third-order valence-electron chi connectivity index (χ3n) is 3.30. The summed E-state index contributed by atoms with van der Waals surface area (Å²) in [6, 6.07) is 1.98. The molecule has 3 aromatic rings. The van der Waals surface area contributed by atoms with Crippen LogP contribution in [0, 0.1) is 18.6 Å². The second-order valence-electron chi connectivity index (χ2n) is 4.50. The van der Waals surface area contributed by atoms with E-state index in [9.17, 15) is 4.79 Å². The number of hydrogen-bond donors (Lipinski definition) is 1. The molecule has 0 bridgehead atoms. The molecule has 3 nitrogen and oxygen atoms in total. The monoisotopic (exact) mass is 386 g/mol. The topological polar surface area (TPSA) is 37.8 Å². The van der Waals surface area contributed by atoms with Gasteiger partial charge in [0.05, 0.1) is 11.9 Å². The van der Waals surface area contributed by atoms with E-state index in [0.717, 1.165) is 30.0 Å². The van der Waals surface area contributed by atoms with E-state index in [2.05, 4.69) is 20.9 Å². The van der Waals surface area contributed by atoms with Crippen LogP contribution in [-0.4, -0.2) is 9.55 Å². The Morgan fingerprint density at radius 2 is 2.20 bits per heavy atom. The molecule has 0 spiro atoms. The van der Waals surface area contributed by atoms with Gasteiger partial charge in [0.1, 0.15) is 4.83 Å². The molecule has 3 aromatic heterocycles. The number of hydrogen-bond acceptors (Lipinski definition) is 4. The molecule has 0 aromatic carbocycles. The molecule has 0 radical (unpaired) electrons. The summed E-state index contributed by atoms with van der Waals surface area (Å²) in [5.74, 6) is 0. The molecule has 0 saturated carbocycles. The second-order valence-corrected chi connectivity index (χ2v) is 7.97. The van der Waals surface area contributed by atoms with Crippen molar-refractivity contribution in [3.8, 4) is 0 Å². The Balaban J connectivity index is 2.26. The predicted octanol–water partition coefficient (Wildman–Crippen LogP) is 4.61. The average molecular weight is 387 g/mol. The highest BCUT2D eigenvalue weighted by Crippen LogP contribution is 2.27. The zero-order chi connectivity index (χ0) is 14.4. The lowest BCUT2D eigenvalue weighted by atomic mass is 10.2. The van der Waals surface area contributed by atoms with Gasteiger partial charge in [-0.1, -0.05) is 0 Å². The lowest BCUT2D eigenvalue weighted by Gasteiger charge is -2.06. The van der Waals surface area contributed by atoms with Gasteiger partial charge < -0.3 is 4.98 Å². The summed E-state index contributed by atoms with van der Waals surface area (Å²) in [5.41, 5.74) is 1.03. The van der Waals surface area contributed by atoms with Crippen molar-refractivity contribution in [3.63, 3.8) is 0 Å². The fourth-order valence-electron chi connectivity index (χ4n) is 2.09. The molecule has 104 valence electrons. The number of halogens is 1. The van der Waals surface area contributed by atoms with Crippen LogP contribution in [0.5, 0.6) is 0 Å². The maximum atomic E-state index is 12.7. The molecule has 0 aliphatic carbocycles. The zero-order valence-electron chi connectivity index (χ0n) is 10.8. The fraction of sp³-hybridized carbons (Fsp3) is 0.231. The number of aromatic amines is 1. The van der Waals surface area contributed by atoms with Crippen molar-refractivity contribution in [1.82, 2.24) is 9.55 Å². The molecule has 3 heterocycles. The summed E-state index contributed by atoms with van der Waals surface area (Å²) in [6.45, 7) is 4.51. The molecule has 3 rings (SSSR count). The van der Waals surface area contributed by atoms with Crippen LogP contribution < -0.4 is 5.56 Å². The number of fused-ring (bicyclic) bond motifs is 1. The number of rotatable bonds is 2. The minimum atomic E-state index is -0.00843. The number of aromatic nitrogens is 2. The maximum Gasteiger partial charge on any atom is 0.263 e. The number of H-pyrrole nitrogens is 1. The third kappa shape index (κ3) is 2.22. The minimum absolute atomic E-state index is 0.00843. The van der Waals surface area contributed by atoms with E-state index in [4.69, 9.17) is 12.2 Å². The normalized spacial score (nSPS) is 11.3. The zero-order valence-corrected chi connectivity index (χ0v) is 14.9. The van der Waals surface area contributed by atoms with Crippen molar-refractivity contribution in [2.75, 3.05) is 0 Å². The smallest absolute Gasteiger partial charge is 0.263 e. The first-order chi connectivity index (χ1) is 9.49. The van der Waals surface area contributed by atoms with E-state index < -0.39 is 0 Å². The second kappa shape index (κ2) is 5.22. The van der Waals surface area contributed by atoms with Gasteiger partial charge in [-0.25, -0.2) is 0 Å². The van der Waals surface area contributed by atoms with Crippen molar-refractivity contribution >= 4 is 61.0 Å². The Morgan fingerprint density at radius 3 is 2.85 bits per heavy atom. The van der Waals surface area contributed by atoms with E-state index in [1.54, 1.807) is 27.2 Å². The molecule has 0 atom stereocenters. The van der Waals surface area contributed by atoms with Gasteiger partial charge in [0.25, 0.3) is 5.56 Å². The Labute approximate surface area is 137 Å². The quantitative estimate of drug-likeness (QED) is 0.652. The summed E-state index contributed by atoms with van der Waals surface area (Å²) < 4.78 is 3.12. The Bertz CT molecular complexity index is 916. The van der Waals surface area contributed by atoms with E-state index in [-0.39, 0.29) is 5.56 Å². The molecule has 0 saturated heterocycles. The molecule has 0 amide bonds. The highest BCUT2D eigenvalue weighted by atomic mass is 79.9. The van der Waals surface area contributed by atoms with Crippen LogP contribution in [0.4, 0.5) is 0 Å². The summed E-state index contributed by atoms with van der Waals surface area (Å²) >= 11 is 12.0. The summed E-state index contributed by atoms with van der Waals surface area (Å²) in [7, 11) is 0. The van der Waals surface area contributed by atoms with E-state index in [1.165, 1.54) is 0 Å². The molecule has 0 unspecified atom stereocenters. The molecule has 0 aliphatic rings. The Hall–Kier alpha value is -0.760. The molecule has 20 heavy (non-hydrogen) atoms. The van der Waals surface area contributed by atoms with Crippen LogP contribution in [0.3, 0.4) is 0 Å². The average Bonchev–Trinajstić information content (AvgIpc) is 2.90. The van der Waals surface area contributed by atoms with Crippen molar-refractivity contribution in [2.45, 2.75) is 20.4 Å². The number of nitrogens with one attached hydrogen (secondary N) is 1. The van der Waals surface area contributed by atoms with Crippen LogP contribution in [0.1, 0.15) is 15.3 Å². The van der Waals surface area contributed by atoms with Gasteiger partial charge in [-0.05, 0) is 59.0 Å². The fourth-order valence-corrected chi connectivity index (χ4v) is 4.92. The standard InChI is InChI=1S/C13H11BrN2OS3/c1-6-7(2)20-11-10(6)12(17)16(13(18)15-11)5-9-8(14)3-4-19-9/h3-4H,5H2,1-2H3,(H,15,18). The van der Waals surface area contributed by atoms with E-state index in [1.807, 2.05) is 25.3 Å². The molecule has 0 fully saturated rings. The number of nitrogens with zero attached hydrogens (tertiary/aromatic N) is 1. The van der Waals surface area contributed by atoms with Crippen molar-refractivity contribution < 1.29 is 0 Å². The van der Waals surface area contributed by atoms with Crippen LogP contribution >= 0.6 is 50.8 Å². The lowest BCUT2D eigenvalue weighted by Crippen LogP contribution is -2.22. The van der Waals surface area contributed by atoms with Crippen LogP contribution in [0.25, 0.3) is 10.2 Å². The Morgan fingerprint density at radius 1 is 1.45 bits per heavy atom. The molecule has 1 N–H and O–H groups in total. The maximum absolute atomic E-state index is 12.7. The van der Waals surface area contributed by atoms with Gasteiger partial charge in [0.2, 0.25) is 0 Å². The van der Waals surface area contributed by atoms with E-state index in [0.29, 0.717) is 11.3 Å². The highest BCUT2D eigenvalue weighted by molar-refractivity contribution is 9.10. The largest absolute Gasteiger partial charge is 0.323 e. The van der Waals surface area contributed by atoms with Gasteiger partial charge >= 0.3 is 0 Å². The van der Waals surface area contributed by atoms with Gasteiger partial charge in [-0.3, -0.25) is 9.36 Å². The van der Waals surface area contributed by atoms with Gasteiger partial charge in [-0.15, -0.1) is 22.7 Å². The van der Waals surface area contributed by atoms with Crippen LogP contribution in [-0.2, 0) is 6.54 Å². The first-order valence-corrected chi connectivity index (χ1v) is 8.83. The van der Waals surface area contributed by atoms with Gasteiger partial charge in [0.15, 0.2) is 4.77 Å². The highest BCUT2D eigenvalue weighted by Gasteiger charge is 2.14. The van der Waals surface area contributed by atoms with Crippen molar-refractivity contribution in [3.05, 3.63) is 46.4 Å². The predicted molar refractivity (Wildman–Crippen MR) is 91.9 cm³/mol. The van der Waals surface area contributed by atoms with Crippen molar-refractivity contribution in [1.29, 1.82) is 0 Å². The SMILES string of the molecule is Cc1sc2[nH]c(=S)n(Cc3sccc3Br)c(=O)c2c1C. The molecular weight excluding hydrogens is 376 g/mol. The Kier molecular flexibility index (Phi) is 3.70. The minimum Gasteiger partial charge on any atom is -0.323 e. The summed E-state index contributed by atoms with van der Waals surface area (Å²) in [6.07, 6.45) is 0.